The molecule has 1 saturated carbocycles. The molecule has 2 N–H and O–H groups in total. The minimum atomic E-state index is 0.618. The summed E-state index contributed by atoms with van der Waals surface area (Å²) in [6, 6.07) is 1.33. The Bertz CT molecular complexity index is 230. The van der Waals surface area contributed by atoms with Gasteiger partial charge in [0.15, 0.2) is 0 Å². The molecule has 0 aliphatic heterocycles. The quantitative estimate of drug-likeness (QED) is 0.713. The number of anilines is 1. The van der Waals surface area contributed by atoms with Crippen LogP contribution in [0, 0.1) is 0 Å². The van der Waals surface area contributed by atoms with E-state index in [1.54, 1.807) is 12.5 Å². The fourth-order valence-electron chi connectivity index (χ4n) is 1.32. The van der Waals surface area contributed by atoms with Gasteiger partial charge in [-0.15, -0.1) is 0 Å². The Morgan fingerprint density at radius 3 is 3.00 bits per heavy atom. The smallest absolute Gasteiger partial charge is 0.297 e. The summed E-state index contributed by atoms with van der Waals surface area (Å²) >= 11 is 0. The van der Waals surface area contributed by atoms with Gasteiger partial charge < -0.3 is 15.1 Å². The van der Waals surface area contributed by atoms with Crippen molar-refractivity contribution in [3.8, 4) is 0 Å². The second kappa shape index (κ2) is 3.15. The van der Waals surface area contributed by atoms with Crippen molar-refractivity contribution in [2.75, 3.05) is 18.0 Å². The highest BCUT2D eigenvalue weighted by atomic mass is 16.4. The summed E-state index contributed by atoms with van der Waals surface area (Å²) in [5.41, 5.74) is 5.49. The number of nitrogens with two attached hydrogens (primary N) is 1. The SMILES string of the molecule is NCCN(c1ncco1)C1CC1. The number of hydrogen-bond donors (Lipinski definition) is 1. The van der Waals surface area contributed by atoms with E-state index < -0.39 is 0 Å². The van der Waals surface area contributed by atoms with Gasteiger partial charge in [0.2, 0.25) is 0 Å². The van der Waals surface area contributed by atoms with Crippen LogP contribution < -0.4 is 10.6 Å². The summed E-state index contributed by atoms with van der Waals surface area (Å²) < 4.78 is 5.21. The maximum absolute atomic E-state index is 5.49. The molecular formula is C8H13N3O. The number of nitrogens with zero attached hydrogens (tertiary/aromatic N) is 2. The van der Waals surface area contributed by atoms with E-state index in [0.29, 0.717) is 18.6 Å². The average Bonchev–Trinajstić information content (AvgIpc) is 2.77. The van der Waals surface area contributed by atoms with Gasteiger partial charge in [0, 0.05) is 19.1 Å². The number of oxazole rings is 1. The lowest BCUT2D eigenvalue weighted by molar-refractivity contribution is 0.531. The Labute approximate surface area is 71.4 Å². The molecule has 0 spiro atoms. The summed E-state index contributed by atoms with van der Waals surface area (Å²) in [6.07, 6.45) is 5.74. The molecule has 1 aromatic rings. The first-order valence-electron chi connectivity index (χ1n) is 4.28. The molecule has 1 fully saturated rings. The van der Waals surface area contributed by atoms with Crippen LogP contribution >= 0.6 is 0 Å². The average molecular weight is 167 g/mol. The van der Waals surface area contributed by atoms with Gasteiger partial charge in [-0.2, -0.15) is 0 Å². The van der Waals surface area contributed by atoms with Gasteiger partial charge in [0.25, 0.3) is 6.01 Å². The highest BCUT2D eigenvalue weighted by Gasteiger charge is 2.30. The molecule has 66 valence electrons. The largest absolute Gasteiger partial charge is 0.432 e. The first-order valence-corrected chi connectivity index (χ1v) is 4.28. The van der Waals surface area contributed by atoms with Crippen LogP contribution in [-0.4, -0.2) is 24.1 Å². The van der Waals surface area contributed by atoms with Crippen LogP contribution in [0.5, 0.6) is 0 Å². The Kier molecular flexibility index (Phi) is 1.99. The van der Waals surface area contributed by atoms with E-state index in [1.807, 2.05) is 0 Å². The van der Waals surface area contributed by atoms with Crippen molar-refractivity contribution in [3.05, 3.63) is 12.5 Å². The lowest BCUT2D eigenvalue weighted by Crippen LogP contribution is -2.31. The fraction of sp³-hybridized carbons (Fsp3) is 0.625. The molecule has 2 rings (SSSR count). The summed E-state index contributed by atoms with van der Waals surface area (Å²) in [6.45, 7) is 1.49. The summed E-state index contributed by atoms with van der Waals surface area (Å²) in [7, 11) is 0. The maximum atomic E-state index is 5.49. The molecule has 4 heteroatoms. The molecule has 0 unspecified atom stereocenters. The van der Waals surface area contributed by atoms with Crippen LogP contribution in [0.2, 0.25) is 0 Å². The Hall–Kier alpha value is -1.03. The van der Waals surface area contributed by atoms with Crippen molar-refractivity contribution >= 4 is 6.01 Å². The van der Waals surface area contributed by atoms with Gasteiger partial charge in [-0.05, 0) is 12.8 Å². The molecule has 1 aromatic heterocycles. The Morgan fingerprint density at radius 1 is 1.67 bits per heavy atom. The maximum Gasteiger partial charge on any atom is 0.297 e. The molecule has 0 aromatic carbocycles. The molecule has 1 heterocycles. The third-order valence-corrected chi connectivity index (χ3v) is 2.02. The zero-order chi connectivity index (χ0) is 8.39. The van der Waals surface area contributed by atoms with E-state index in [2.05, 4.69) is 9.88 Å². The Morgan fingerprint density at radius 2 is 2.50 bits per heavy atom. The minimum absolute atomic E-state index is 0.618. The number of aromatic nitrogens is 1. The lowest BCUT2D eigenvalue weighted by Gasteiger charge is -2.18. The van der Waals surface area contributed by atoms with E-state index in [4.69, 9.17) is 10.2 Å². The summed E-state index contributed by atoms with van der Waals surface area (Å²) in [5, 5.41) is 0. The van der Waals surface area contributed by atoms with Gasteiger partial charge in [-0.25, -0.2) is 4.98 Å². The first kappa shape index (κ1) is 7.61. The second-order valence-electron chi connectivity index (χ2n) is 3.03. The topological polar surface area (TPSA) is 55.3 Å². The predicted molar refractivity (Wildman–Crippen MR) is 45.9 cm³/mol. The highest BCUT2D eigenvalue weighted by molar-refractivity contribution is 5.29. The molecule has 12 heavy (non-hydrogen) atoms. The fourth-order valence-corrected chi connectivity index (χ4v) is 1.32. The third-order valence-electron chi connectivity index (χ3n) is 2.02. The number of rotatable bonds is 4. The van der Waals surface area contributed by atoms with Crippen molar-refractivity contribution in [1.29, 1.82) is 0 Å². The second-order valence-corrected chi connectivity index (χ2v) is 3.03. The summed E-state index contributed by atoms with van der Waals surface area (Å²) in [5.74, 6) is 0. The van der Waals surface area contributed by atoms with E-state index in [-0.39, 0.29) is 0 Å². The van der Waals surface area contributed by atoms with Crippen molar-refractivity contribution in [2.24, 2.45) is 5.73 Å². The van der Waals surface area contributed by atoms with E-state index in [0.717, 1.165) is 6.54 Å². The molecule has 1 aliphatic rings. The molecule has 0 bridgehead atoms. The van der Waals surface area contributed by atoms with Crippen LogP contribution in [0.1, 0.15) is 12.8 Å². The first-order chi connectivity index (χ1) is 5.92. The van der Waals surface area contributed by atoms with Crippen molar-refractivity contribution in [1.82, 2.24) is 4.98 Å². The van der Waals surface area contributed by atoms with Crippen LogP contribution in [0.25, 0.3) is 0 Å². The van der Waals surface area contributed by atoms with Crippen LogP contribution in [0.4, 0.5) is 6.01 Å². The van der Waals surface area contributed by atoms with E-state index >= 15 is 0 Å². The lowest BCUT2D eigenvalue weighted by atomic mass is 10.5. The van der Waals surface area contributed by atoms with Gasteiger partial charge in [0.1, 0.15) is 6.26 Å². The van der Waals surface area contributed by atoms with Gasteiger partial charge in [-0.1, -0.05) is 0 Å². The zero-order valence-corrected chi connectivity index (χ0v) is 6.94. The van der Waals surface area contributed by atoms with Crippen molar-refractivity contribution in [3.63, 3.8) is 0 Å². The molecule has 0 saturated heterocycles. The monoisotopic (exact) mass is 167 g/mol. The summed E-state index contributed by atoms with van der Waals surface area (Å²) in [4.78, 5) is 6.24. The predicted octanol–water partition coefficient (Wildman–Crippen LogP) is 0.602. The molecular weight excluding hydrogens is 154 g/mol. The number of hydrogen-bond acceptors (Lipinski definition) is 4. The van der Waals surface area contributed by atoms with E-state index in [1.165, 1.54) is 12.8 Å². The van der Waals surface area contributed by atoms with Crippen LogP contribution in [-0.2, 0) is 0 Å². The third kappa shape index (κ3) is 1.43. The minimum Gasteiger partial charge on any atom is -0.432 e. The van der Waals surface area contributed by atoms with Gasteiger partial charge in [0.05, 0.1) is 6.20 Å². The van der Waals surface area contributed by atoms with Crippen molar-refractivity contribution in [2.45, 2.75) is 18.9 Å². The zero-order valence-electron chi connectivity index (χ0n) is 6.94. The van der Waals surface area contributed by atoms with Gasteiger partial charge >= 0.3 is 0 Å². The van der Waals surface area contributed by atoms with Crippen molar-refractivity contribution < 1.29 is 4.42 Å². The van der Waals surface area contributed by atoms with Crippen LogP contribution in [0.15, 0.2) is 16.9 Å². The molecule has 4 nitrogen and oxygen atoms in total. The standard InChI is InChI=1S/C8H13N3O/c9-3-5-11(7-1-2-7)8-10-4-6-12-8/h4,6-7H,1-3,5,9H2. The van der Waals surface area contributed by atoms with Gasteiger partial charge in [-0.3, -0.25) is 0 Å². The highest BCUT2D eigenvalue weighted by Crippen LogP contribution is 2.29. The van der Waals surface area contributed by atoms with E-state index in [9.17, 15) is 0 Å². The molecule has 1 aliphatic carbocycles. The van der Waals surface area contributed by atoms with Crippen LogP contribution in [0.3, 0.4) is 0 Å². The Balaban J connectivity index is 2.05. The molecule has 0 atom stereocenters. The molecule has 0 radical (unpaired) electrons. The molecule has 0 amide bonds. The normalized spacial score (nSPS) is 16.4.